The van der Waals surface area contributed by atoms with E-state index in [4.69, 9.17) is 0 Å². The fourth-order valence-corrected chi connectivity index (χ4v) is 5.45. The molecule has 29 heavy (non-hydrogen) atoms. The number of hydrogen-bond donors (Lipinski definition) is 2. The molecule has 0 aliphatic carbocycles. The number of aryl methyl sites for hydroxylation is 2. The van der Waals surface area contributed by atoms with E-state index in [1.165, 1.54) is 57.2 Å². The van der Waals surface area contributed by atoms with E-state index in [1.807, 2.05) is 0 Å². The molecule has 0 saturated carbocycles. The Balaban J connectivity index is 2.40. The van der Waals surface area contributed by atoms with Crippen molar-refractivity contribution in [3.05, 3.63) is 57.6 Å². The molecule has 2 aromatic rings. The van der Waals surface area contributed by atoms with E-state index in [1.54, 1.807) is 0 Å². The average Bonchev–Trinajstić information content (AvgIpc) is 2.51. The third kappa shape index (κ3) is 5.51. The van der Waals surface area contributed by atoms with Crippen molar-refractivity contribution in [2.24, 2.45) is 0 Å². The van der Waals surface area contributed by atoms with Crippen molar-refractivity contribution in [1.82, 2.24) is 0 Å². The van der Waals surface area contributed by atoms with Crippen LogP contribution in [0.3, 0.4) is 0 Å². The number of anilines is 2. The zero-order valence-corrected chi connectivity index (χ0v) is 17.4. The lowest BCUT2D eigenvalue weighted by Crippen LogP contribution is -2.18. The quantitative estimate of drug-likeness (QED) is 0.493. The molecular weight excluding hydrogens is 422 g/mol. The van der Waals surface area contributed by atoms with Gasteiger partial charge in [-0.1, -0.05) is 6.07 Å². The Kier molecular flexibility index (Phi) is 6.28. The predicted octanol–water partition coefficient (Wildman–Crippen LogP) is 2.07. The molecule has 2 N–H and O–H groups in total. The number of carbonyl (C=O) groups is 1. The Bertz CT molecular complexity index is 1170. The van der Waals surface area contributed by atoms with Crippen LogP contribution < -0.4 is 10.0 Å². The smallest absolute Gasteiger partial charge is 0.305 e. The minimum Gasteiger partial charge on any atom is -0.326 e. The van der Waals surface area contributed by atoms with Crippen LogP contribution in [-0.4, -0.2) is 33.5 Å². The van der Waals surface area contributed by atoms with Crippen molar-refractivity contribution in [3.8, 4) is 0 Å². The molecule has 1 amide bonds. The summed E-state index contributed by atoms with van der Waals surface area (Å²) in [6.07, 6.45) is 0. The summed E-state index contributed by atoms with van der Waals surface area (Å²) in [5.41, 5.74) is 0.757. The second-order valence-corrected chi connectivity index (χ2v) is 9.91. The third-order valence-electron chi connectivity index (χ3n) is 3.76. The topological polar surface area (TPSA) is 153 Å². The predicted molar refractivity (Wildman–Crippen MR) is 107 cm³/mol. The van der Waals surface area contributed by atoms with Gasteiger partial charge in [0.2, 0.25) is 15.7 Å². The molecule has 0 aliphatic heterocycles. The van der Waals surface area contributed by atoms with Crippen LogP contribution in [0.4, 0.5) is 11.4 Å². The standard InChI is InChI=1S/C17H19N3O7S2/c1-11-7-15(8-12(2)17(11)28(24,25)10-20(22)23)19-29(26,27)16-6-4-5-14(9-16)18-13(3)21/h4-9,19H,10H2,1-3H3,(H,18,21). The number of carbonyl (C=O) groups excluding carboxylic acids is 1. The van der Waals surface area contributed by atoms with Gasteiger partial charge in [-0.2, -0.15) is 0 Å². The summed E-state index contributed by atoms with van der Waals surface area (Å²) in [4.78, 5) is 20.5. The van der Waals surface area contributed by atoms with Crippen LogP contribution in [0.25, 0.3) is 0 Å². The lowest BCUT2D eigenvalue weighted by atomic mass is 10.1. The van der Waals surface area contributed by atoms with E-state index in [0.717, 1.165) is 0 Å². The van der Waals surface area contributed by atoms with Crippen LogP contribution in [-0.2, 0) is 24.7 Å². The molecule has 0 bridgehead atoms. The molecule has 0 aromatic heterocycles. The zero-order valence-electron chi connectivity index (χ0n) is 15.8. The second-order valence-electron chi connectivity index (χ2n) is 6.33. The molecule has 0 aliphatic rings. The molecule has 0 atom stereocenters. The second kappa shape index (κ2) is 8.17. The van der Waals surface area contributed by atoms with Crippen molar-refractivity contribution < 1.29 is 26.6 Å². The summed E-state index contributed by atoms with van der Waals surface area (Å²) >= 11 is 0. The van der Waals surface area contributed by atoms with Crippen molar-refractivity contribution in [1.29, 1.82) is 0 Å². The van der Waals surface area contributed by atoms with Crippen LogP contribution in [0.1, 0.15) is 18.1 Å². The van der Waals surface area contributed by atoms with Gasteiger partial charge >= 0.3 is 5.88 Å². The third-order valence-corrected chi connectivity index (χ3v) is 6.96. The Morgan fingerprint density at radius 1 is 1.03 bits per heavy atom. The number of nitro groups is 1. The first-order valence-corrected chi connectivity index (χ1v) is 11.3. The van der Waals surface area contributed by atoms with E-state index in [-0.39, 0.29) is 32.5 Å². The SMILES string of the molecule is CC(=O)Nc1cccc(S(=O)(=O)Nc2cc(C)c(S(=O)(=O)C[N+](=O)[O-])c(C)c2)c1. The van der Waals surface area contributed by atoms with Crippen LogP contribution >= 0.6 is 0 Å². The molecule has 12 heteroatoms. The van der Waals surface area contributed by atoms with Gasteiger partial charge in [-0.25, -0.2) is 16.8 Å². The summed E-state index contributed by atoms with van der Waals surface area (Å²) in [5.74, 6) is -1.61. The fraction of sp³-hybridized carbons (Fsp3) is 0.235. The molecular formula is C17H19N3O7S2. The summed E-state index contributed by atoms with van der Waals surface area (Å²) in [6.45, 7) is 4.14. The van der Waals surface area contributed by atoms with Crippen molar-refractivity contribution in [2.75, 3.05) is 15.9 Å². The normalized spacial score (nSPS) is 11.7. The van der Waals surface area contributed by atoms with Gasteiger partial charge in [0.15, 0.2) is 0 Å². The van der Waals surface area contributed by atoms with Gasteiger partial charge in [-0.3, -0.25) is 19.6 Å². The number of hydrogen-bond acceptors (Lipinski definition) is 7. The van der Waals surface area contributed by atoms with Gasteiger partial charge in [-0.15, -0.1) is 0 Å². The first-order valence-electron chi connectivity index (χ1n) is 8.18. The van der Waals surface area contributed by atoms with Gasteiger partial charge in [0.1, 0.15) is 0 Å². The molecule has 0 unspecified atom stereocenters. The Hall–Kier alpha value is -2.99. The van der Waals surface area contributed by atoms with Crippen molar-refractivity contribution >= 4 is 37.1 Å². The first kappa shape index (κ1) is 22.3. The maximum Gasteiger partial charge on any atom is 0.305 e. The number of amides is 1. The zero-order chi connectivity index (χ0) is 22.0. The largest absolute Gasteiger partial charge is 0.326 e. The van der Waals surface area contributed by atoms with Crippen LogP contribution in [0, 0.1) is 24.0 Å². The minimum atomic E-state index is -4.17. The van der Waals surface area contributed by atoms with Crippen LogP contribution in [0.5, 0.6) is 0 Å². The Morgan fingerprint density at radius 3 is 2.14 bits per heavy atom. The summed E-state index contributed by atoms with van der Waals surface area (Å²) in [5, 5.41) is 13.1. The molecule has 0 fully saturated rings. The molecule has 0 heterocycles. The molecule has 0 radical (unpaired) electrons. The molecule has 0 spiro atoms. The fourth-order valence-electron chi connectivity index (χ4n) is 2.86. The summed E-state index contributed by atoms with van der Waals surface area (Å²) in [6, 6.07) is 8.18. The van der Waals surface area contributed by atoms with Gasteiger partial charge in [0, 0.05) is 23.2 Å². The lowest BCUT2D eigenvalue weighted by molar-refractivity contribution is -0.458. The maximum atomic E-state index is 12.7. The molecule has 0 saturated heterocycles. The van der Waals surface area contributed by atoms with E-state index < -0.39 is 30.7 Å². The van der Waals surface area contributed by atoms with E-state index >= 15 is 0 Å². The number of sulfonamides is 1. The number of benzene rings is 2. The minimum absolute atomic E-state index is 0.102. The van der Waals surface area contributed by atoms with Gasteiger partial charge in [0.25, 0.3) is 10.0 Å². The Labute approximate surface area is 168 Å². The summed E-state index contributed by atoms with van der Waals surface area (Å²) < 4.78 is 52.1. The first-order chi connectivity index (χ1) is 13.3. The van der Waals surface area contributed by atoms with Gasteiger partial charge < -0.3 is 5.32 Å². The molecule has 10 nitrogen and oxygen atoms in total. The molecule has 2 rings (SSSR count). The van der Waals surface area contributed by atoms with Crippen LogP contribution in [0.15, 0.2) is 46.2 Å². The highest BCUT2D eigenvalue weighted by Crippen LogP contribution is 2.27. The van der Waals surface area contributed by atoms with E-state index in [0.29, 0.717) is 5.69 Å². The van der Waals surface area contributed by atoms with Crippen molar-refractivity contribution in [2.45, 2.75) is 30.6 Å². The number of rotatable bonds is 7. The van der Waals surface area contributed by atoms with Gasteiger partial charge in [-0.05, 0) is 55.3 Å². The highest BCUT2D eigenvalue weighted by atomic mass is 32.2. The van der Waals surface area contributed by atoms with Gasteiger partial charge in [0.05, 0.1) is 9.79 Å². The maximum absolute atomic E-state index is 12.7. The van der Waals surface area contributed by atoms with E-state index in [2.05, 4.69) is 10.0 Å². The molecule has 2 aromatic carbocycles. The number of sulfone groups is 1. The lowest BCUT2D eigenvalue weighted by Gasteiger charge is -2.14. The average molecular weight is 441 g/mol. The molecule has 156 valence electrons. The highest BCUT2D eigenvalue weighted by molar-refractivity contribution is 7.92. The van der Waals surface area contributed by atoms with E-state index in [9.17, 15) is 31.7 Å². The van der Waals surface area contributed by atoms with Crippen molar-refractivity contribution in [3.63, 3.8) is 0 Å². The monoisotopic (exact) mass is 441 g/mol. The summed E-state index contributed by atoms with van der Waals surface area (Å²) in [7, 11) is -8.20. The Morgan fingerprint density at radius 2 is 1.62 bits per heavy atom. The highest BCUT2D eigenvalue weighted by Gasteiger charge is 2.26. The number of nitrogens with zero attached hydrogens (tertiary/aromatic N) is 1. The van der Waals surface area contributed by atoms with Crippen LogP contribution in [0.2, 0.25) is 0 Å². The number of nitrogens with one attached hydrogen (secondary N) is 2.